The summed E-state index contributed by atoms with van der Waals surface area (Å²) in [6.45, 7) is 6.18. The molecule has 0 aliphatic carbocycles. The number of carbonyl (C=O) groups is 3. The van der Waals surface area contributed by atoms with Crippen LogP contribution in [0.1, 0.15) is 45.2 Å². The number of anilines is 1. The van der Waals surface area contributed by atoms with Crippen molar-refractivity contribution < 1.29 is 14.4 Å². The minimum absolute atomic E-state index is 0.0404. The van der Waals surface area contributed by atoms with E-state index in [1.165, 1.54) is 4.90 Å². The maximum Gasteiger partial charge on any atom is 0.261 e. The van der Waals surface area contributed by atoms with Gasteiger partial charge in [-0.15, -0.1) is 0 Å². The normalized spacial score (nSPS) is 13.1. The van der Waals surface area contributed by atoms with E-state index >= 15 is 0 Å². The predicted molar refractivity (Wildman–Crippen MR) is 118 cm³/mol. The van der Waals surface area contributed by atoms with Gasteiger partial charge in [0, 0.05) is 41.7 Å². The topological polar surface area (TPSA) is 57.7 Å². The van der Waals surface area contributed by atoms with Gasteiger partial charge in [-0.05, 0) is 43.0 Å². The lowest BCUT2D eigenvalue weighted by molar-refractivity contribution is -0.118. The lowest BCUT2D eigenvalue weighted by Gasteiger charge is -2.30. The van der Waals surface area contributed by atoms with Gasteiger partial charge in [-0.25, -0.2) is 0 Å². The van der Waals surface area contributed by atoms with E-state index in [1.54, 1.807) is 17.0 Å². The maximum absolute atomic E-state index is 13.1. The van der Waals surface area contributed by atoms with E-state index in [0.29, 0.717) is 22.9 Å². The molecular weight excluding hydrogens is 376 g/mol. The average Bonchev–Trinajstić information content (AvgIpc) is 2.74. The second-order valence-corrected chi connectivity index (χ2v) is 7.66. The Kier molecular flexibility index (Phi) is 5.12. The number of imide groups is 1. The molecule has 3 aromatic rings. The average molecular weight is 400 g/mol. The molecule has 0 N–H and O–H groups in total. The van der Waals surface area contributed by atoms with Gasteiger partial charge in [0.25, 0.3) is 11.8 Å². The van der Waals surface area contributed by atoms with Crippen LogP contribution < -0.4 is 4.90 Å². The second-order valence-electron chi connectivity index (χ2n) is 7.66. The summed E-state index contributed by atoms with van der Waals surface area (Å²) in [5.74, 6) is -0.663. The van der Waals surface area contributed by atoms with Gasteiger partial charge < -0.3 is 4.90 Å². The monoisotopic (exact) mass is 400 g/mol. The molecule has 1 aliphatic heterocycles. The maximum atomic E-state index is 13.1. The third-order valence-electron chi connectivity index (χ3n) is 5.65. The highest BCUT2D eigenvalue weighted by Gasteiger charge is 2.33. The summed E-state index contributed by atoms with van der Waals surface area (Å²) in [6.07, 6.45) is 0.345. The third-order valence-corrected chi connectivity index (χ3v) is 5.65. The van der Waals surface area contributed by atoms with Crippen LogP contribution in [0.25, 0.3) is 10.8 Å². The molecule has 30 heavy (non-hydrogen) atoms. The Hall–Kier alpha value is -3.47. The van der Waals surface area contributed by atoms with Crippen molar-refractivity contribution in [3.63, 3.8) is 0 Å². The summed E-state index contributed by atoms with van der Waals surface area (Å²) in [7, 11) is 0. The summed E-state index contributed by atoms with van der Waals surface area (Å²) in [6, 6.07) is 16.9. The zero-order valence-corrected chi connectivity index (χ0v) is 17.4. The molecule has 152 valence electrons. The smallest absolute Gasteiger partial charge is 0.261 e. The fourth-order valence-corrected chi connectivity index (χ4v) is 4.16. The zero-order chi connectivity index (χ0) is 21.4. The number of carbonyl (C=O) groups excluding carboxylic acids is 3. The van der Waals surface area contributed by atoms with Crippen LogP contribution in [0.3, 0.4) is 0 Å². The molecule has 0 aromatic heterocycles. The molecule has 5 heteroatoms. The molecule has 0 radical (unpaired) electrons. The molecule has 0 saturated heterocycles. The molecule has 0 saturated carbocycles. The number of rotatable bonds is 5. The minimum Gasteiger partial charge on any atom is -0.310 e. The third kappa shape index (κ3) is 3.26. The molecular formula is C25H24N2O3. The lowest BCUT2D eigenvalue weighted by Crippen LogP contribution is -2.46. The Labute approximate surface area is 175 Å². The molecule has 4 rings (SSSR count). The van der Waals surface area contributed by atoms with Crippen molar-refractivity contribution in [3.8, 4) is 0 Å². The predicted octanol–water partition coefficient (Wildman–Crippen LogP) is 4.50. The number of hydrogen-bond acceptors (Lipinski definition) is 3. The minimum atomic E-state index is -0.311. The summed E-state index contributed by atoms with van der Waals surface area (Å²) in [4.78, 5) is 41.8. The standard InChI is InChI=1S/C25H24N2O3/c1-4-22(28)26(21-12-11-16(2)15-17(21)3)13-14-27-24(29)19-9-5-7-18-8-6-10-20(23(18)19)25(27)30/h5-12,15H,4,13-14H2,1-3H3. The second kappa shape index (κ2) is 7.75. The number of aryl methyl sites for hydroxylation is 2. The molecule has 0 unspecified atom stereocenters. The van der Waals surface area contributed by atoms with Crippen molar-refractivity contribution in [2.45, 2.75) is 27.2 Å². The van der Waals surface area contributed by atoms with Crippen LogP contribution in [0.4, 0.5) is 5.69 Å². The van der Waals surface area contributed by atoms with Gasteiger partial charge >= 0.3 is 0 Å². The molecule has 0 bridgehead atoms. The van der Waals surface area contributed by atoms with Crippen molar-refractivity contribution in [1.82, 2.24) is 4.90 Å². The number of nitrogens with zero attached hydrogens (tertiary/aromatic N) is 2. The van der Waals surface area contributed by atoms with E-state index in [0.717, 1.165) is 22.2 Å². The number of hydrogen-bond donors (Lipinski definition) is 0. The Morgan fingerprint density at radius 1 is 0.933 bits per heavy atom. The SMILES string of the molecule is CCC(=O)N(CCN1C(=O)c2cccc3cccc(c23)C1=O)c1ccc(C)cc1C. The van der Waals surface area contributed by atoms with Crippen LogP contribution in [-0.4, -0.2) is 35.7 Å². The molecule has 3 aromatic carbocycles. The van der Waals surface area contributed by atoms with Gasteiger partial charge in [-0.3, -0.25) is 19.3 Å². The number of amides is 3. The van der Waals surface area contributed by atoms with Crippen LogP contribution in [0.15, 0.2) is 54.6 Å². The Balaban J connectivity index is 1.65. The van der Waals surface area contributed by atoms with Gasteiger partial charge in [0.1, 0.15) is 0 Å². The lowest BCUT2D eigenvalue weighted by atomic mass is 9.94. The van der Waals surface area contributed by atoms with E-state index in [4.69, 9.17) is 0 Å². The molecule has 0 atom stereocenters. The van der Waals surface area contributed by atoms with Gasteiger partial charge in [-0.2, -0.15) is 0 Å². The van der Waals surface area contributed by atoms with Crippen LogP contribution in [0.5, 0.6) is 0 Å². The highest BCUT2D eigenvalue weighted by atomic mass is 16.2. The van der Waals surface area contributed by atoms with Gasteiger partial charge in [0.15, 0.2) is 0 Å². The summed E-state index contributed by atoms with van der Waals surface area (Å²) in [5.41, 5.74) is 3.98. The first-order valence-corrected chi connectivity index (χ1v) is 10.2. The summed E-state index contributed by atoms with van der Waals surface area (Å²) >= 11 is 0. The van der Waals surface area contributed by atoms with Crippen molar-refractivity contribution in [1.29, 1.82) is 0 Å². The Morgan fingerprint density at radius 3 is 2.13 bits per heavy atom. The van der Waals surface area contributed by atoms with Gasteiger partial charge in [0.05, 0.1) is 0 Å². The first kappa shape index (κ1) is 19.8. The van der Waals surface area contributed by atoms with Crippen molar-refractivity contribution in [3.05, 3.63) is 76.9 Å². The first-order chi connectivity index (χ1) is 14.4. The van der Waals surface area contributed by atoms with E-state index in [1.807, 2.05) is 63.2 Å². The Morgan fingerprint density at radius 2 is 1.57 bits per heavy atom. The van der Waals surface area contributed by atoms with Gasteiger partial charge in [-0.1, -0.05) is 48.9 Å². The Bertz CT molecular complexity index is 1130. The molecule has 5 nitrogen and oxygen atoms in total. The van der Waals surface area contributed by atoms with E-state index < -0.39 is 0 Å². The van der Waals surface area contributed by atoms with Crippen LogP contribution >= 0.6 is 0 Å². The van der Waals surface area contributed by atoms with Crippen LogP contribution in [-0.2, 0) is 4.79 Å². The van der Waals surface area contributed by atoms with E-state index in [-0.39, 0.29) is 30.8 Å². The van der Waals surface area contributed by atoms with Crippen LogP contribution in [0, 0.1) is 13.8 Å². The fourth-order valence-electron chi connectivity index (χ4n) is 4.16. The fraction of sp³-hybridized carbons (Fsp3) is 0.240. The number of benzene rings is 3. The zero-order valence-electron chi connectivity index (χ0n) is 17.4. The highest BCUT2D eigenvalue weighted by molar-refractivity contribution is 6.25. The largest absolute Gasteiger partial charge is 0.310 e. The molecule has 1 aliphatic rings. The summed E-state index contributed by atoms with van der Waals surface area (Å²) in [5, 5.41) is 1.59. The highest BCUT2D eigenvalue weighted by Crippen LogP contribution is 2.30. The van der Waals surface area contributed by atoms with Crippen molar-refractivity contribution in [2.24, 2.45) is 0 Å². The molecule has 1 heterocycles. The van der Waals surface area contributed by atoms with E-state index in [9.17, 15) is 14.4 Å². The molecule has 0 spiro atoms. The molecule has 3 amide bonds. The van der Waals surface area contributed by atoms with Crippen molar-refractivity contribution in [2.75, 3.05) is 18.0 Å². The summed E-state index contributed by atoms with van der Waals surface area (Å²) < 4.78 is 0. The van der Waals surface area contributed by atoms with E-state index in [2.05, 4.69) is 0 Å². The molecule has 0 fully saturated rings. The quantitative estimate of drug-likeness (QED) is 0.593. The first-order valence-electron chi connectivity index (χ1n) is 10.2. The van der Waals surface area contributed by atoms with Crippen molar-refractivity contribution >= 4 is 34.2 Å². The van der Waals surface area contributed by atoms with Crippen LogP contribution in [0.2, 0.25) is 0 Å². The van der Waals surface area contributed by atoms with Gasteiger partial charge in [0.2, 0.25) is 5.91 Å².